The van der Waals surface area contributed by atoms with Crippen molar-refractivity contribution in [3.63, 3.8) is 0 Å². The van der Waals surface area contributed by atoms with Gasteiger partial charge in [0.05, 0.1) is 0 Å². The predicted octanol–water partition coefficient (Wildman–Crippen LogP) is 1.77. The Kier molecular flexibility index (Phi) is 4.91. The van der Waals surface area contributed by atoms with Crippen LogP contribution >= 0.6 is 0 Å². The first-order chi connectivity index (χ1) is 4.27. The summed E-state index contributed by atoms with van der Waals surface area (Å²) in [4.78, 5) is 10.3. The molecule has 0 heterocycles. The molecular weight excluding hydrogens is 112 g/mol. The van der Waals surface area contributed by atoms with E-state index in [0.29, 0.717) is 6.42 Å². The van der Waals surface area contributed by atoms with E-state index in [0.717, 1.165) is 12.8 Å². The molecule has 0 radical (unpaired) electrons. The molecule has 50 valence electrons. The van der Waals surface area contributed by atoms with Gasteiger partial charge < -0.3 is 0 Å². The molecule has 0 aliphatic carbocycles. The highest BCUT2D eigenvalue weighted by atomic mass is 16.1. The van der Waals surface area contributed by atoms with E-state index in [-0.39, 0.29) is 5.78 Å². The van der Waals surface area contributed by atoms with Gasteiger partial charge in [0.25, 0.3) is 0 Å². The van der Waals surface area contributed by atoms with Crippen molar-refractivity contribution in [1.29, 1.82) is 0 Å². The van der Waals surface area contributed by atoms with Gasteiger partial charge in [-0.3, -0.25) is 4.79 Å². The highest BCUT2D eigenvalue weighted by Gasteiger charge is 1.86. The molecule has 0 fully saturated rings. The molecule has 0 rings (SSSR count). The normalized spacial score (nSPS) is 7.78. The summed E-state index contributed by atoms with van der Waals surface area (Å²) < 4.78 is 0. The second kappa shape index (κ2) is 5.37. The molecule has 0 aromatic rings. The van der Waals surface area contributed by atoms with Gasteiger partial charge in [0.15, 0.2) is 0 Å². The van der Waals surface area contributed by atoms with Crippen molar-refractivity contribution in [2.75, 3.05) is 0 Å². The third-order valence-electron chi connectivity index (χ3n) is 0.904. The van der Waals surface area contributed by atoms with E-state index in [4.69, 9.17) is 0 Å². The van der Waals surface area contributed by atoms with Gasteiger partial charge in [-0.25, -0.2) is 0 Å². The summed E-state index contributed by atoms with van der Waals surface area (Å²) in [5.74, 6) is 6.02. The smallest absolute Gasteiger partial charge is 0.130 e. The maximum Gasteiger partial charge on any atom is 0.130 e. The van der Waals surface area contributed by atoms with E-state index in [1.807, 2.05) is 6.92 Å². The van der Waals surface area contributed by atoms with E-state index < -0.39 is 0 Å². The van der Waals surface area contributed by atoms with Crippen molar-refractivity contribution in [3.8, 4) is 11.8 Å². The van der Waals surface area contributed by atoms with Gasteiger partial charge in [-0.2, -0.15) is 0 Å². The lowest BCUT2D eigenvalue weighted by Crippen LogP contribution is -1.86. The van der Waals surface area contributed by atoms with Crippen molar-refractivity contribution in [2.24, 2.45) is 0 Å². The van der Waals surface area contributed by atoms with Crippen LogP contribution in [0.3, 0.4) is 0 Å². The quantitative estimate of drug-likeness (QED) is 0.513. The average Bonchev–Trinajstić information content (AvgIpc) is 1.80. The van der Waals surface area contributed by atoms with Crippen molar-refractivity contribution >= 4 is 5.78 Å². The fourth-order valence-electron chi connectivity index (χ4n) is 0.452. The molecule has 0 aliphatic heterocycles. The van der Waals surface area contributed by atoms with E-state index >= 15 is 0 Å². The molecule has 0 atom stereocenters. The molecule has 0 spiro atoms. The van der Waals surface area contributed by atoms with E-state index in [1.165, 1.54) is 0 Å². The molecule has 1 heteroatoms. The van der Waals surface area contributed by atoms with E-state index in [2.05, 4.69) is 11.8 Å². The summed E-state index contributed by atoms with van der Waals surface area (Å²) in [6.45, 7) is 3.59. The Balaban J connectivity index is 3.19. The Morgan fingerprint density at radius 2 is 2.11 bits per heavy atom. The Morgan fingerprint density at radius 1 is 1.44 bits per heavy atom. The molecule has 0 saturated heterocycles. The minimum absolute atomic E-state index is 0.223. The zero-order valence-electron chi connectivity index (χ0n) is 6.03. The van der Waals surface area contributed by atoms with Crippen LogP contribution in [0.1, 0.15) is 33.1 Å². The average molecular weight is 124 g/mol. The van der Waals surface area contributed by atoms with Crippen LogP contribution in [0.2, 0.25) is 0 Å². The molecular formula is C8H12O. The third-order valence-corrected chi connectivity index (χ3v) is 0.904. The molecule has 0 aromatic carbocycles. The summed E-state index contributed by atoms with van der Waals surface area (Å²) in [6.07, 6.45) is 2.22. The first-order valence-electron chi connectivity index (χ1n) is 3.22. The highest BCUT2D eigenvalue weighted by Crippen LogP contribution is 1.86. The molecule has 0 unspecified atom stereocenters. The molecule has 9 heavy (non-hydrogen) atoms. The Labute approximate surface area is 56.5 Å². The number of Topliss-reactive ketones (excluding diaryl/α,β-unsaturated/α-hetero) is 1. The van der Waals surface area contributed by atoms with E-state index in [1.54, 1.807) is 6.92 Å². The number of rotatable bonds is 2. The maximum absolute atomic E-state index is 10.3. The zero-order chi connectivity index (χ0) is 7.11. The molecule has 0 saturated carbocycles. The van der Waals surface area contributed by atoms with Crippen LogP contribution < -0.4 is 0 Å². The summed E-state index contributed by atoms with van der Waals surface area (Å²) in [5.41, 5.74) is 0. The second-order valence-electron chi connectivity index (χ2n) is 1.91. The van der Waals surface area contributed by atoms with Gasteiger partial charge >= 0.3 is 0 Å². The van der Waals surface area contributed by atoms with Gasteiger partial charge in [0.2, 0.25) is 0 Å². The van der Waals surface area contributed by atoms with Gasteiger partial charge in [0, 0.05) is 19.3 Å². The largest absolute Gasteiger partial charge is 0.300 e. The summed E-state index contributed by atoms with van der Waals surface area (Å²) >= 11 is 0. The second-order valence-corrected chi connectivity index (χ2v) is 1.91. The highest BCUT2D eigenvalue weighted by molar-refractivity contribution is 5.75. The number of hydrogen-bond acceptors (Lipinski definition) is 1. The minimum atomic E-state index is 0.223. The lowest BCUT2D eigenvalue weighted by Gasteiger charge is -1.82. The van der Waals surface area contributed by atoms with Gasteiger partial charge in [0.1, 0.15) is 5.78 Å². The van der Waals surface area contributed by atoms with E-state index in [9.17, 15) is 4.79 Å². The van der Waals surface area contributed by atoms with Crippen molar-refractivity contribution in [1.82, 2.24) is 0 Å². The van der Waals surface area contributed by atoms with Crippen LogP contribution in [0.4, 0.5) is 0 Å². The molecule has 0 N–H and O–H groups in total. The zero-order valence-corrected chi connectivity index (χ0v) is 6.03. The first kappa shape index (κ1) is 8.23. The lowest BCUT2D eigenvalue weighted by atomic mass is 10.2. The number of hydrogen-bond donors (Lipinski definition) is 0. The lowest BCUT2D eigenvalue weighted by molar-refractivity contribution is -0.116. The molecule has 0 amide bonds. The monoisotopic (exact) mass is 124 g/mol. The number of carbonyl (C=O) groups is 1. The van der Waals surface area contributed by atoms with Crippen LogP contribution in [0.25, 0.3) is 0 Å². The van der Waals surface area contributed by atoms with Crippen LogP contribution in [0, 0.1) is 11.8 Å². The Bertz CT molecular complexity index is 136. The SMILES string of the molecule is CCC#CCCC(C)=O. The topological polar surface area (TPSA) is 17.1 Å². The molecule has 0 bridgehead atoms. The van der Waals surface area contributed by atoms with Gasteiger partial charge in [-0.05, 0) is 6.92 Å². The van der Waals surface area contributed by atoms with Crippen LogP contribution in [-0.2, 0) is 4.79 Å². The van der Waals surface area contributed by atoms with Crippen molar-refractivity contribution in [3.05, 3.63) is 0 Å². The fourth-order valence-corrected chi connectivity index (χ4v) is 0.452. The number of ketones is 1. The fraction of sp³-hybridized carbons (Fsp3) is 0.625. The van der Waals surface area contributed by atoms with Crippen LogP contribution in [0.15, 0.2) is 0 Å². The summed E-state index contributed by atoms with van der Waals surface area (Å²) in [6, 6.07) is 0. The molecule has 0 aromatic heterocycles. The standard InChI is InChI=1S/C8H12O/c1-3-4-5-6-7-8(2)9/h3,6-7H2,1-2H3. The van der Waals surface area contributed by atoms with Crippen LogP contribution in [0.5, 0.6) is 0 Å². The summed E-state index contributed by atoms with van der Waals surface area (Å²) in [7, 11) is 0. The molecule has 1 nitrogen and oxygen atoms in total. The predicted molar refractivity (Wildman–Crippen MR) is 38.0 cm³/mol. The number of carbonyl (C=O) groups excluding carboxylic acids is 1. The first-order valence-corrected chi connectivity index (χ1v) is 3.22. The van der Waals surface area contributed by atoms with Crippen molar-refractivity contribution < 1.29 is 4.79 Å². The van der Waals surface area contributed by atoms with Crippen molar-refractivity contribution in [2.45, 2.75) is 33.1 Å². The van der Waals surface area contributed by atoms with Gasteiger partial charge in [-0.1, -0.05) is 6.92 Å². The molecule has 0 aliphatic rings. The Morgan fingerprint density at radius 3 is 2.56 bits per heavy atom. The Hall–Kier alpha value is -0.770. The maximum atomic E-state index is 10.3. The van der Waals surface area contributed by atoms with Gasteiger partial charge in [-0.15, -0.1) is 11.8 Å². The van der Waals surface area contributed by atoms with Crippen LogP contribution in [-0.4, -0.2) is 5.78 Å². The minimum Gasteiger partial charge on any atom is -0.300 e. The summed E-state index contributed by atoms with van der Waals surface area (Å²) in [5, 5.41) is 0. The third kappa shape index (κ3) is 7.23.